The second-order valence-electron chi connectivity index (χ2n) is 4.93. The standard InChI is InChI=1S/C14H23BrN2O/c1-14(11-16,7-8-18-3)17(2)10-12-5-4-6-13(15)9-12/h4-6,9H,7-8,10-11,16H2,1-3H3. The van der Waals surface area contributed by atoms with Crippen LogP contribution >= 0.6 is 15.9 Å². The molecule has 1 rings (SSSR count). The molecule has 1 unspecified atom stereocenters. The number of rotatable bonds is 7. The van der Waals surface area contributed by atoms with E-state index in [1.807, 2.05) is 6.07 Å². The molecule has 0 aliphatic rings. The van der Waals surface area contributed by atoms with Crippen LogP contribution < -0.4 is 5.73 Å². The Balaban J connectivity index is 2.69. The van der Waals surface area contributed by atoms with Crippen molar-refractivity contribution in [1.82, 2.24) is 4.90 Å². The molecule has 0 aromatic heterocycles. The lowest BCUT2D eigenvalue weighted by Gasteiger charge is -2.38. The first-order valence-corrected chi connectivity index (χ1v) is 6.96. The van der Waals surface area contributed by atoms with Gasteiger partial charge in [-0.1, -0.05) is 28.1 Å². The third kappa shape index (κ3) is 4.35. The number of halogens is 1. The van der Waals surface area contributed by atoms with Crippen molar-refractivity contribution >= 4 is 15.9 Å². The molecule has 4 heteroatoms. The number of methoxy groups -OCH3 is 1. The summed E-state index contributed by atoms with van der Waals surface area (Å²) >= 11 is 3.50. The first-order chi connectivity index (χ1) is 8.51. The summed E-state index contributed by atoms with van der Waals surface area (Å²) in [5.74, 6) is 0. The molecule has 1 aromatic carbocycles. The van der Waals surface area contributed by atoms with Crippen molar-refractivity contribution in [3.05, 3.63) is 34.3 Å². The SMILES string of the molecule is COCCC(C)(CN)N(C)Cc1cccc(Br)c1. The second-order valence-corrected chi connectivity index (χ2v) is 5.85. The van der Waals surface area contributed by atoms with E-state index < -0.39 is 0 Å². The van der Waals surface area contributed by atoms with Crippen molar-refractivity contribution in [2.75, 3.05) is 27.3 Å². The van der Waals surface area contributed by atoms with Gasteiger partial charge in [-0.05, 0) is 38.1 Å². The van der Waals surface area contributed by atoms with Crippen LogP contribution in [0.5, 0.6) is 0 Å². The van der Waals surface area contributed by atoms with Crippen molar-refractivity contribution in [2.45, 2.75) is 25.4 Å². The third-order valence-corrected chi connectivity index (χ3v) is 4.01. The fraction of sp³-hybridized carbons (Fsp3) is 0.571. The van der Waals surface area contributed by atoms with Crippen LogP contribution in [0.15, 0.2) is 28.7 Å². The van der Waals surface area contributed by atoms with Crippen molar-refractivity contribution in [2.24, 2.45) is 5.73 Å². The molecule has 0 amide bonds. The van der Waals surface area contributed by atoms with E-state index in [0.29, 0.717) is 6.54 Å². The van der Waals surface area contributed by atoms with E-state index in [-0.39, 0.29) is 5.54 Å². The summed E-state index contributed by atoms with van der Waals surface area (Å²) in [5, 5.41) is 0. The van der Waals surface area contributed by atoms with Crippen LogP contribution in [0.1, 0.15) is 18.9 Å². The molecule has 0 aliphatic carbocycles. The molecule has 0 heterocycles. The number of benzene rings is 1. The lowest BCUT2D eigenvalue weighted by Crippen LogP contribution is -2.49. The van der Waals surface area contributed by atoms with Gasteiger partial charge in [0.2, 0.25) is 0 Å². The molecule has 0 fully saturated rings. The molecule has 0 aliphatic heterocycles. The van der Waals surface area contributed by atoms with Gasteiger partial charge in [0.15, 0.2) is 0 Å². The molecule has 0 radical (unpaired) electrons. The molecule has 0 spiro atoms. The van der Waals surface area contributed by atoms with E-state index in [9.17, 15) is 0 Å². The van der Waals surface area contributed by atoms with Crippen molar-refractivity contribution in [3.63, 3.8) is 0 Å². The number of ether oxygens (including phenoxy) is 1. The van der Waals surface area contributed by atoms with Gasteiger partial charge >= 0.3 is 0 Å². The van der Waals surface area contributed by atoms with E-state index in [1.54, 1.807) is 7.11 Å². The normalized spacial score (nSPS) is 14.8. The Hall–Kier alpha value is -0.420. The maximum Gasteiger partial charge on any atom is 0.0480 e. The molecule has 18 heavy (non-hydrogen) atoms. The predicted octanol–water partition coefficient (Wildman–Crippen LogP) is 2.63. The highest BCUT2D eigenvalue weighted by molar-refractivity contribution is 9.10. The maximum absolute atomic E-state index is 5.93. The second kappa shape index (κ2) is 7.24. The van der Waals surface area contributed by atoms with Gasteiger partial charge in [0.1, 0.15) is 0 Å². The molecule has 0 saturated heterocycles. The van der Waals surface area contributed by atoms with Gasteiger partial charge in [0.05, 0.1) is 0 Å². The van der Waals surface area contributed by atoms with Gasteiger partial charge in [-0.3, -0.25) is 4.90 Å². The van der Waals surface area contributed by atoms with E-state index >= 15 is 0 Å². The van der Waals surface area contributed by atoms with E-state index in [4.69, 9.17) is 10.5 Å². The van der Waals surface area contributed by atoms with Crippen molar-refractivity contribution in [3.8, 4) is 0 Å². The van der Waals surface area contributed by atoms with Gasteiger partial charge < -0.3 is 10.5 Å². The zero-order valence-electron chi connectivity index (χ0n) is 11.4. The monoisotopic (exact) mass is 314 g/mol. The van der Waals surface area contributed by atoms with Crippen LogP contribution in [0, 0.1) is 0 Å². The molecule has 0 bridgehead atoms. The topological polar surface area (TPSA) is 38.5 Å². The van der Waals surface area contributed by atoms with Crippen LogP contribution in [0.3, 0.4) is 0 Å². The largest absolute Gasteiger partial charge is 0.385 e. The van der Waals surface area contributed by atoms with Crippen LogP contribution in [0.2, 0.25) is 0 Å². The minimum atomic E-state index is -0.0294. The summed E-state index contributed by atoms with van der Waals surface area (Å²) < 4.78 is 6.28. The minimum absolute atomic E-state index is 0.0294. The Morgan fingerprint density at radius 1 is 1.44 bits per heavy atom. The highest BCUT2D eigenvalue weighted by Gasteiger charge is 2.27. The van der Waals surface area contributed by atoms with Gasteiger partial charge in [-0.2, -0.15) is 0 Å². The Kier molecular flexibility index (Phi) is 6.29. The molecule has 102 valence electrons. The van der Waals surface area contributed by atoms with Crippen molar-refractivity contribution in [1.29, 1.82) is 0 Å². The highest BCUT2D eigenvalue weighted by atomic mass is 79.9. The van der Waals surface area contributed by atoms with Gasteiger partial charge in [0.25, 0.3) is 0 Å². The van der Waals surface area contributed by atoms with E-state index in [0.717, 1.165) is 24.0 Å². The highest BCUT2D eigenvalue weighted by Crippen LogP contribution is 2.20. The number of likely N-dealkylation sites (N-methyl/N-ethyl adjacent to an activating group) is 1. The quantitative estimate of drug-likeness (QED) is 0.841. The van der Waals surface area contributed by atoms with E-state index in [2.05, 4.69) is 53.0 Å². The van der Waals surface area contributed by atoms with Crippen LogP contribution in [0.25, 0.3) is 0 Å². The predicted molar refractivity (Wildman–Crippen MR) is 79.6 cm³/mol. The summed E-state index contributed by atoms with van der Waals surface area (Å²) in [7, 11) is 3.84. The van der Waals surface area contributed by atoms with E-state index in [1.165, 1.54) is 5.56 Å². The Labute approximate surface area is 118 Å². The van der Waals surface area contributed by atoms with Gasteiger partial charge in [-0.15, -0.1) is 0 Å². The maximum atomic E-state index is 5.93. The minimum Gasteiger partial charge on any atom is -0.385 e. The summed E-state index contributed by atoms with van der Waals surface area (Å²) in [4.78, 5) is 2.30. The fourth-order valence-corrected chi connectivity index (χ4v) is 2.32. The van der Waals surface area contributed by atoms with Gasteiger partial charge in [-0.25, -0.2) is 0 Å². The number of hydrogen-bond acceptors (Lipinski definition) is 3. The first-order valence-electron chi connectivity index (χ1n) is 6.16. The Bertz CT molecular complexity index is 373. The molecule has 1 atom stereocenters. The number of nitrogens with two attached hydrogens (primary N) is 1. The molecule has 3 nitrogen and oxygen atoms in total. The van der Waals surface area contributed by atoms with Crippen LogP contribution in [-0.4, -0.2) is 37.7 Å². The molecule has 1 aromatic rings. The zero-order chi connectivity index (χ0) is 13.6. The number of hydrogen-bond donors (Lipinski definition) is 1. The first kappa shape index (κ1) is 15.6. The summed E-state index contributed by atoms with van der Waals surface area (Å²) in [5.41, 5.74) is 7.18. The van der Waals surface area contributed by atoms with Crippen LogP contribution in [0.4, 0.5) is 0 Å². The molecular weight excluding hydrogens is 292 g/mol. The fourth-order valence-electron chi connectivity index (χ4n) is 1.87. The average molecular weight is 315 g/mol. The summed E-state index contributed by atoms with van der Waals surface area (Å²) in [6, 6.07) is 8.37. The Morgan fingerprint density at radius 2 is 2.17 bits per heavy atom. The lowest BCUT2D eigenvalue weighted by atomic mass is 9.96. The van der Waals surface area contributed by atoms with Crippen LogP contribution in [-0.2, 0) is 11.3 Å². The molecular formula is C14H23BrN2O. The lowest BCUT2D eigenvalue weighted by molar-refractivity contribution is 0.0839. The number of nitrogens with zero attached hydrogens (tertiary/aromatic N) is 1. The smallest absolute Gasteiger partial charge is 0.0480 e. The Morgan fingerprint density at radius 3 is 2.72 bits per heavy atom. The average Bonchev–Trinajstić information content (AvgIpc) is 2.36. The zero-order valence-corrected chi connectivity index (χ0v) is 13.0. The molecule has 0 saturated carbocycles. The summed E-state index contributed by atoms with van der Waals surface area (Å²) in [6.07, 6.45) is 0.935. The van der Waals surface area contributed by atoms with Gasteiger partial charge in [0, 0.05) is 36.8 Å². The van der Waals surface area contributed by atoms with Crippen molar-refractivity contribution < 1.29 is 4.74 Å². The molecule has 2 N–H and O–H groups in total. The third-order valence-electron chi connectivity index (χ3n) is 3.51. The summed E-state index contributed by atoms with van der Waals surface area (Å²) in [6.45, 7) is 4.43.